The summed E-state index contributed by atoms with van der Waals surface area (Å²) >= 11 is 5.84. The van der Waals surface area contributed by atoms with Crippen molar-refractivity contribution in [2.45, 2.75) is 6.61 Å². The molecule has 0 aromatic heterocycles. The third kappa shape index (κ3) is 5.16. The van der Waals surface area contributed by atoms with Crippen molar-refractivity contribution in [3.63, 3.8) is 0 Å². The van der Waals surface area contributed by atoms with Gasteiger partial charge in [0.2, 0.25) is 5.96 Å². The minimum absolute atomic E-state index is 0.0820. The van der Waals surface area contributed by atoms with Crippen molar-refractivity contribution in [1.82, 2.24) is 0 Å². The molecule has 0 radical (unpaired) electrons. The van der Waals surface area contributed by atoms with Crippen molar-refractivity contribution in [2.75, 3.05) is 0 Å². The summed E-state index contributed by atoms with van der Waals surface area (Å²) in [5.41, 5.74) is 12.3. The number of ether oxygens (including phenoxy) is 1. The Hall–Kier alpha value is -2.53. The Kier molecular flexibility index (Phi) is 5.17. The van der Waals surface area contributed by atoms with E-state index in [-0.39, 0.29) is 5.96 Å². The first-order valence-electron chi connectivity index (χ1n) is 6.23. The van der Waals surface area contributed by atoms with Crippen molar-refractivity contribution in [2.24, 2.45) is 21.7 Å². The molecule has 0 saturated heterocycles. The SMILES string of the molecule is NC(N)=N/N=C\c1cccc(OCc2ccc(Cl)cc2)c1. The van der Waals surface area contributed by atoms with E-state index >= 15 is 0 Å². The monoisotopic (exact) mass is 302 g/mol. The molecule has 4 N–H and O–H groups in total. The van der Waals surface area contributed by atoms with Crippen LogP contribution in [0.3, 0.4) is 0 Å². The average Bonchev–Trinajstić information content (AvgIpc) is 2.47. The molecule has 0 bridgehead atoms. The number of halogens is 1. The molecule has 0 aliphatic heterocycles. The standard InChI is InChI=1S/C15H15ClN4O/c16-13-6-4-11(5-7-13)10-21-14-3-1-2-12(8-14)9-19-20-15(17)18/h1-9H,10H2,(H4,17,18,20)/b19-9-. The minimum Gasteiger partial charge on any atom is -0.489 e. The molecule has 5 nitrogen and oxygen atoms in total. The summed E-state index contributed by atoms with van der Waals surface area (Å²) in [5.74, 6) is 0.653. The minimum atomic E-state index is -0.0820. The second-order valence-electron chi connectivity index (χ2n) is 4.26. The predicted octanol–water partition coefficient (Wildman–Crippen LogP) is 2.53. The third-order valence-electron chi connectivity index (χ3n) is 2.56. The summed E-state index contributed by atoms with van der Waals surface area (Å²) in [4.78, 5) is 0. The first kappa shape index (κ1) is 14.9. The fourth-order valence-electron chi connectivity index (χ4n) is 1.59. The second-order valence-corrected chi connectivity index (χ2v) is 4.69. The van der Waals surface area contributed by atoms with Crippen LogP contribution in [-0.4, -0.2) is 12.2 Å². The number of benzene rings is 2. The Balaban J connectivity index is 1.99. The molecule has 0 atom stereocenters. The van der Waals surface area contributed by atoms with Gasteiger partial charge in [0.25, 0.3) is 0 Å². The van der Waals surface area contributed by atoms with Gasteiger partial charge in [-0.15, -0.1) is 5.10 Å². The van der Waals surface area contributed by atoms with Gasteiger partial charge in [0.05, 0.1) is 6.21 Å². The molecule has 0 unspecified atom stereocenters. The van der Waals surface area contributed by atoms with E-state index in [1.165, 1.54) is 0 Å². The highest BCUT2D eigenvalue weighted by Gasteiger charge is 1.97. The van der Waals surface area contributed by atoms with Gasteiger partial charge < -0.3 is 16.2 Å². The van der Waals surface area contributed by atoms with E-state index in [1.807, 2.05) is 48.5 Å². The van der Waals surface area contributed by atoms with E-state index in [4.69, 9.17) is 27.8 Å². The number of rotatable bonds is 5. The van der Waals surface area contributed by atoms with E-state index in [1.54, 1.807) is 6.21 Å². The first-order valence-corrected chi connectivity index (χ1v) is 6.60. The predicted molar refractivity (Wildman–Crippen MR) is 85.6 cm³/mol. The molecule has 108 valence electrons. The van der Waals surface area contributed by atoms with Gasteiger partial charge in [-0.05, 0) is 35.4 Å². The Labute approximate surface area is 127 Å². The van der Waals surface area contributed by atoms with Crippen LogP contribution in [0.1, 0.15) is 11.1 Å². The van der Waals surface area contributed by atoms with Crippen LogP contribution in [0.5, 0.6) is 5.75 Å². The Morgan fingerprint density at radius 1 is 1.14 bits per heavy atom. The maximum atomic E-state index is 5.84. The zero-order valence-corrected chi connectivity index (χ0v) is 12.0. The fourth-order valence-corrected chi connectivity index (χ4v) is 1.72. The highest BCUT2D eigenvalue weighted by molar-refractivity contribution is 6.30. The molecule has 21 heavy (non-hydrogen) atoms. The topological polar surface area (TPSA) is 86.0 Å². The van der Waals surface area contributed by atoms with Gasteiger partial charge in [0.1, 0.15) is 12.4 Å². The van der Waals surface area contributed by atoms with Crippen LogP contribution >= 0.6 is 11.6 Å². The van der Waals surface area contributed by atoms with Crippen molar-refractivity contribution in [3.05, 3.63) is 64.7 Å². The Morgan fingerprint density at radius 2 is 1.90 bits per heavy atom. The van der Waals surface area contributed by atoms with Crippen molar-refractivity contribution in [1.29, 1.82) is 0 Å². The lowest BCUT2D eigenvalue weighted by Crippen LogP contribution is -2.21. The number of nitrogens with two attached hydrogens (primary N) is 2. The maximum absolute atomic E-state index is 5.84. The van der Waals surface area contributed by atoms with Crippen molar-refractivity contribution >= 4 is 23.8 Å². The molecule has 2 aromatic carbocycles. The molecule has 0 heterocycles. The first-order chi connectivity index (χ1) is 10.1. The highest BCUT2D eigenvalue weighted by Crippen LogP contribution is 2.15. The second kappa shape index (κ2) is 7.31. The van der Waals surface area contributed by atoms with Crippen LogP contribution in [0.2, 0.25) is 5.02 Å². The van der Waals surface area contributed by atoms with Gasteiger partial charge in [-0.1, -0.05) is 35.9 Å². The highest BCUT2D eigenvalue weighted by atomic mass is 35.5. The summed E-state index contributed by atoms with van der Waals surface area (Å²) in [7, 11) is 0. The molecule has 0 saturated carbocycles. The van der Waals surface area contributed by atoms with Crippen LogP contribution in [0.15, 0.2) is 58.7 Å². The Morgan fingerprint density at radius 3 is 2.62 bits per heavy atom. The molecule has 0 amide bonds. The van der Waals surface area contributed by atoms with Gasteiger partial charge in [0, 0.05) is 5.02 Å². The summed E-state index contributed by atoms with van der Waals surface area (Å²) in [6.07, 6.45) is 1.55. The lowest BCUT2D eigenvalue weighted by atomic mass is 10.2. The number of hydrogen-bond donors (Lipinski definition) is 2. The van der Waals surface area contributed by atoms with Gasteiger partial charge in [-0.3, -0.25) is 0 Å². The summed E-state index contributed by atoms with van der Waals surface area (Å²) in [6.45, 7) is 0.464. The lowest BCUT2D eigenvalue weighted by Gasteiger charge is -2.06. The Bertz CT molecular complexity index is 649. The summed E-state index contributed by atoms with van der Waals surface area (Å²) in [6, 6.07) is 15.0. The lowest BCUT2D eigenvalue weighted by molar-refractivity contribution is 0.306. The molecular weight excluding hydrogens is 288 g/mol. The van der Waals surface area contributed by atoms with E-state index in [9.17, 15) is 0 Å². The zero-order chi connectivity index (χ0) is 15.1. The summed E-state index contributed by atoms with van der Waals surface area (Å²) < 4.78 is 5.71. The molecule has 0 aliphatic rings. The average molecular weight is 303 g/mol. The van der Waals surface area contributed by atoms with Gasteiger partial charge in [-0.2, -0.15) is 5.10 Å². The van der Waals surface area contributed by atoms with Crippen LogP contribution in [0.4, 0.5) is 0 Å². The molecular formula is C15H15ClN4O. The van der Waals surface area contributed by atoms with Crippen LogP contribution in [0, 0.1) is 0 Å². The molecule has 6 heteroatoms. The van der Waals surface area contributed by atoms with Crippen molar-refractivity contribution in [3.8, 4) is 5.75 Å². The fraction of sp³-hybridized carbons (Fsp3) is 0.0667. The number of hydrogen-bond acceptors (Lipinski definition) is 3. The quantitative estimate of drug-likeness (QED) is 0.505. The number of guanidine groups is 1. The van der Waals surface area contributed by atoms with Crippen LogP contribution in [-0.2, 0) is 6.61 Å². The molecule has 0 fully saturated rings. The normalized spacial score (nSPS) is 10.5. The van der Waals surface area contributed by atoms with Crippen LogP contribution in [0.25, 0.3) is 0 Å². The van der Waals surface area contributed by atoms with E-state index in [2.05, 4.69) is 10.2 Å². The van der Waals surface area contributed by atoms with Gasteiger partial charge >= 0.3 is 0 Å². The third-order valence-corrected chi connectivity index (χ3v) is 2.81. The smallest absolute Gasteiger partial charge is 0.211 e. The van der Waals surface area contributed by atoms with Gasteiger partial charge in [0.15, 0.2) is 0 Å². The maximum Gasteiger partial charge on any atom is 0.211 e. The summed E-state index contributed by atoms with van der Waals surface area (Å²) in [5, 5.41) is 8.00. The molecule has 2 aromatic rings. The molecule has 0 spiro atoms. The largest absolute Gasteiger partial charge is 0.489 e. The molecule has 2 rings (SSSR count). The molecule has 0 aliphatic carbocycles. The zero-order valence-electron chi connectivity index (χ0n) is 11.2. The van der Waals surface area contributed by atoms with E-state index in [0.717, 1.165) is 16.9 Å². The van der Waals surface area contributed by atoms with E-state index < -0.39 is 0 Å². The van der Waals surface area contributed by atoms with E-state index in [0.29, 0.717) is 11.6 Å². The van der Waals surface area contributed by atoms with Crippen molar-refractivity contribution < 1.29 is 4.74 Å². The van der Waals surface area contributed by atoms with Gasteiger partial charge in [-0.25, -0.2) is 0 Å². The van der Waals surface area contributed by atoms with Crippen LogP contribution < -0.4 is 16.2 Å². The number of nitrogens with zero attached hydrogens (tertiary/aromatic N) is 2.